The molecule has 4 amide bonds. The lowest BCUT2D eigenvalue weighted by atomic mass is 10.0. The van der Waals surface area contributed by atoms with Crippen molar-refractivity contribution in [3.05, 3.63) is 79.9 Å². The van der Waals surface area contributed by atoms with E-state index in [1.165, 1.54) is 48.5 Å². The van der Waals surface area contributed by atoms with Crippen molar-refractivity contribution in [3.8, 4) is 0 Å². The number of hydrogen-bond acceptors (Lipinski definition) is 8. The van der Waals surface area contributed by atoms with Gasteiger partial charge in [-0.05, 0) is 64.5 Å². The second-order valence-corrected chi connectivity index (χ2v) is 11.9. The van der Waals surface area contributed by atoms with Crippen LogP contribution in [-0.2, 0) is 9.59 Å². The molecule has 14 heteroatoms. The molecule has 2 aromatic carbocycles. The molecular formula is C34H50N6O8. The molecule has 264 valence electrons. The Bertz CT molecular complexity index is 1300. The summed E-state index contributed by atoms with van der Waals surface area (Å²) >= 11 is 0. The fraction of sp³-hybridized carbons (Fsp3) is 0.529. The van der Waals surface area contributed by atoms with E-state index in [9.17, 15) is 39.4 Å². The van der Waals surface area contributed by atoms with E-state index in [1.807, 2.05) is 55.4 Å². The lowest BCUT2D eigenvalue weighted by Crippen LogP contribution is -2.49. The van der Waals surface area contributed by atoms with Crippen molar-refractivity contribution in [2.75, 3.05) is 26.2 Å². The van der Waals surface area contributed by atoms with Gasteiger partial charge in [-0.1, -0.05) is 39.8 Å². The normalized spacial score (nSPS) is 11.9. The fourth-order valence-corrected chi connectivity index (χ4v) is 4.90. The minimum atomic E-state index is -0.642. The molecule has 0 radical (unpaired) electrons. The number of carbonyl (C=O) groups is 4. The molecule has 0 aliphatic heterocycles. The van der Waals surface area contributed by atoms with Crippen LogP contribution in [0.2, 0.25) is 0 Å². The number of nitro groups is 2. The van der Waals surface area contributed by atoms with E-state index in [-0.39, 0.29) is 46.2 Å². The van der Waals surface area contributed by atoms with Gasteiger partial charge in [-0.15, -0.1) is 0 Å². The van der Waals surface area contributed by atoms with E-state index in [2.05, 4.69) is 10.6 Å². The first-order valence-corrected chi connectivity index (χ1v) is 16.3. The van der Waals surface area contributed by atoms with Gasteiger partial charge < -0.3 is 20.4 Å². The second-order valence-electron chi connectivity index (χ2n) is 11.9. The number of nitro benzene ring substituents is 2. The number of non-ortho nitro benzene ring substituents is 2. The van der Waals surface area contributed by atoms with E-state index in [1.54, 1.807) is 9.80 Å². The Morgan fingerprint density at radius 1 is 0.625 bits per heavy atom. The van der Waals surface area contributed by atoms with Crippen molar-refractivity contribution >= 4 is 35.0 Å². The molecule has 2 rings (SSSR count). The third-order valence-corrected chi connectivity index (χ3v) is 7.41. The van der Waals surface area contributed by atoms with E-state index < -0.39 is 33.7 Å². The second kappa shape index (κ2) is 20.4. The van der Waals surface area contributed by atoms with Crippen LogP contribution >= 0.6 is 0 Å². The molecule has 0 spiro atoms. The molecule has 0 bridgehead atoms. The maximum atomic E-state index is 12.6. The Morgan fingerprint density at radius 2 is 0.938 bits per heavy atom. The molecule has 48 heavy (non-hydrogen) atoms. The summed E-state index contributed by atoms with van der Waals surface area (Å²) in [5.74, 6) is -0.783. The summed E-state index contributed by atoms with van der Waals surface area (Å²) in [6, 6.07) is 9.69. The van der Waals surface area contributed by atoms with Crippen molar-refractivity contribution in [2.24, 2.45) is 11.8 Å². The highest BCUT2D eigenvalue weighted by molar-refractivity contribution is 5.98. The molecule has 0 unspecified atom stereocenters. The van der Waals surface area contributed by atoms with Crippen molar-refractivity contribution in [3.63, 3.8) is 0 Å². The molecule has 0 saturated carbocycles. The highest BCUT2D eigenvalue weighted by Gasteiger charge is 2.27. The van der Waals surface area contributed by atoms with Gasteiger partial charge in [0.25, 0.3) is 23.2 Å². The number of likely N-dealkylation sites (N-methyl/N-ethyl adjacent to an activating group) is 2. The number of amides is 4. The fourth-order valence-electron chi connectivity index (χ4n) is 4.90. The third-order valence-electron chi connectivity index (χ3n) is 7.41. The summed E-state index contributed by atoms with van der Waals surface area (Å²) in [5, 5.41) is 27.1. The average molecular weight is 671 g/mol. The number of benzene rings is 2. The van der Waals surface area contributed by atoms with Crippen LogP contribution in [0.1, 0.15) is 88.9 Å². The molecule has 0 aromatic heterocycles. The summed E-state index contributed by atoms with van der Waals surface area (Å²) in [5.41, 5.74) is 0.0341. The van der Waals surface area contributed by atoms with E-state index in [4.69, 9.17) is 0 Å². The van der Waals surface area contributed by atoms with Gasteiger partial charge in [0.2, 0.25) is 11.8 Å². The van der Waals surface area contributed by atoms with Crippen LogP contribution in [0.25, 0.3) is 0 Å². The number of nitrogens with one attached hydrogen (secondary N) is 2. The Hall–Kier alpha value is -4.88. The monoisotopic (exact) mass is 670 g/mol. The Balaban J connectivity index is 0.000000480. The molecule has 0 heterocycles. The quantitative estimate of drug-likeness (QED) is 0.180. The molecule has 0 aliphatic rings. The zero-order valence-corrected chi connectivity index (χ0v) is 29.2. The lowest BCUT2D eigenvalue weighted by Gasteiger charge is -2.27. The first kappa shape index (κ1) is 41.1. The minimum absolute atomic E-state index is 0.132. The number of nitrogens with zero attached hydrogens (tertiary/aromatic N) is 4. The van der Waals surface area contributed by atoms with Gasteiger partial charge in [0, 0.05) is 61.6 Å². The van der Waals surface area contributed by atoms with Crippen molar-refractivity contribution in [1.29, 1.82) is 0 Å². The average Bonchev–Trinajstić information content (AvgIpc) is 3.05. The lowest BCUT2D eigenvalue weighted by molar-refractivity contribution is -0.385. The van der Waals surface area contributed by atoms with Crippen molar-refractivity contribution in [2.45, 2.75) is 80.3 Å². The molecule has 0 saturated heterocycles. The largest absolute Gasteiger partial charge is 0.341 e. The van der Waals surface area contributed by atoms with Gasteiger partial charge in [0.05, 0.1) is 9.85 Å². The maximum Gasteiger partial charge on any atom is 0.270 e. The molecule has 14 nitrogen and oxygen atoms in total. The van der Waals surface area contributed by atoms with Crippen molar-refractivity contribution in [1.82, 2.24) is 20.4 Å². The molecule has 2 N–H and O–H groups in total. The van der Waals surface area contributed by atoms with Gasteiger partial charge >= 0.3 is 0 Å². The molecular weight excluding hydrogens is 620 g/mol. The summed E-state index contributed by atoms with van der Waals surface area (Å²) in [6.07, 6.45) is 1.02. The standard InChI is InChI=1S/2C17H25N3O4/c2*1-5-19(6-2)17(22)15(10-12(3)4)18-16(21)13-8-7-9-14(11-13)20(23)24/h2*7-9,11-12,15H,5-6,10H2,1-4H3,(H,18,21)/t2*15-/m00/s1. The van der Waals surface area contributed by atoms with Gasteiger partial charge in [-0.25, -0.2) is 0 Å². The molecule has 2 atom stereocenters. The van der Waals surface area contributed by atoms with Gasteiger partial charge in [-0.2, -0.15) is 0 Å². The van der Waals surface area contributed by atoms with Gasteiger partial charge in [0.1, 0.15) is 12.1 Å². The predicted molar refractivity (Wildman–Crippen MR) is 183 cm³/mol. The van der Waals surface area contributed by atoms with Crippen LogP contribution < -0.4 is 10.6 Å². The first-order chi connectivity index (χ1) is 22.6. The summed E-state index contributed by atoms with van der Waals surface area (Å²) in [7, 11) is 0. The number of hydrogen-bond donors (Lipinski definition) is 2. The van der Waals surface area contributed by atoms with Crippen LogP contribution in [0.5, 0.6) is 0 Å². The topological polar surface area (TPSA) is 185 Å². The Kier molecular flexibility index (Phi) is 17.5. The molecule has 0 fully saturated rings. The van der Waals surface area contributed by atoms with Crippen LogP contribution in [0.3, 0.4) is 0 Å². The number of rotatable bonds is 16. The van der Waals surface area contributed by atoms with Crippen LogP contribution in [-0.4, -0.2) is 81.5 Å². The third kappa shape index (κ3) is 13.1. The highest BCUT2D eigenvalue weighted by atomic mass is 16.6. The Labute approximate surface area is 282 Å². The smallest absolute Gasteiger partial charge is 0.270 e. The maximum absolute atomic E-state index is 12.6. The Morgan fingerprint density at radius 3 is 1.19 bits per heavy atom. The summed E-state index contributed by atoms with van der Waals surface area (Å²) in [6.45, 7) is 17.7. The summed E-state index contributed by atoms with van der Waals surface area (Å²) in [4.78, 5) is 73.9. The summed E-state index contributed by atoms with van der Waals surface area (Å²) < 4.78 is 0. The zero-order valence-electron chi connectivity index (χ0n) is 29.2. The van der Waals surface area contributed by atoms with Crippen LogP contribution in [0.4, 0.5) is 11.4 Å². The van der Waals surface area contributed by atoms with Gasteiger partial charge in [-0.3, -0.25) is 39.4 Å². The highest BCUT2D eigenvalue weighted by Crippen LogP contribution is 2.16. The predicted octanol–water partition coefficient (Wildman–Crippen LogP) is 5.22. The zero-order chi connectivity index (χ0) is 36.6. The van der Waals surface area contributed by atoms with E-state index in [0.717, 1.165) is 0 Å². The van der Waals surface area contributed by atoms with Crippen LogP contribution in [0, 0.1) is 32.1 Å². The SMILES string of the molecule is CCN(CC)C(=O)[C@H](CC(C)C)NC(=O)c1cccc([N+](=O)[O-])c1.CCN(CC)C(=O)[C@H](CC(C)C)NC(=O)c1cccc([N+](=O)[O-])c1. The van der Waals surface area contributed by atoms with E-state index >= 15 is 0 Å². The number of carbonyl (C=O) groups excluding carboxylic acids is 4. The van der Waals surface area contributed by atoms with E-state index in [0.29, 0.717) is 39.0 Å². The minimum Gasteiger partial charge on any atom is -0.341 e. The van der Waals surface area contributed by atoms with Gasteiger partial charge in [0.15, 0.2) is 0 Å². The van der Waals surface area contributed by atoms with Crippen LogP contribution in [0.15, 0.2) is 48.5 Å². The molecule has 0 aliphatic carbocycles. The molecule has 2 aromatic rings. The first-order valence-electron chi connectivity index (χ1n) is 16.3. The van der Waals surface area contributed by atoms with Crippen molar-refractivity contribution < 1.29 is 29.0 Å².